The second-order valence-corrected chi connectivity index (χ2v) is 18.3. The lowest BCUT2D eigenvalue weighted by atomic mass is 10.0. The SMILES string of the molecule is CCCCCCCC/C=C/CCCCCCCCCC(=O)OC(CCCCCCCCCCCCCCC)CC(=O)NC(CO)C(O)CCCCCCCCCCCC. The van der Waals surface area contributed by atoms with E-state index in [2.05, 4.69) is 38.2 Å². The highest BCUT2D eigenvalue weighted by molar-refractivity contribution is 5.77. The smallest absolute Gasteiger partial charge is 0.306 e. The Balaban J connectivity index is 4.51. The number of hydrogen-bond acceptors (Lipinski definition) is 5. The van der Waals surface area contributed by atoms with Crippen molar-refractivity contribution in [3.63, 3.8) is 0 Å². The molecule has 0 aromatic rings. The molecule has 0 saturated heterocycles. The van der Waals surface area contributed by atoms with Crippen LogP contribution >= 0.6 is 0 Å². The first-order valence-corrected chi connectivity index (χ1v) is 26.4. The molecular formula is C53H103NO5. The largest absolute Gasteiger partial charge is 0.462 e. The highest BCUT2D eigenvalue weighted by atomic mass is 16.5. The third kappa shape index (κ3) is 43.1. The van der Waals surface area contributed by atoms with E-state index in [0.717, 1.165) is 44.9 Å². The van der Waals surface area contributed by atoms with Crippen molar-refractivity contribution in [1.29, 1.82) is 0 Å². The van der Waals surface area contributed by atoms with Gasteiger partial charge in [-0.25, -0.2) is 0 Å². The number of esters is 1. The molecule has 0 saturated carbocycles. The second-order valence-electron chi connectivity index (χ2n) is 18.3. The molecule has 0 rings (SSSR count). The van der Waals surface area contributed by atoms with Crippen molar-refractivity contribution in [1.82, 2.24) is 5.32 Å². The van der Waals surface area contributed by atoms with Crippen LogP contribution < -0.4 is 5.32 Å². The monoisotopic (exact) mass is 834 g/mol. The van der Waals surface area contributed by atoms with Gasteiger partial charge < -0.3 is 20.3 Å². The van der Waals surface area contributed by atoms with E-state index in [9.17, 15) is 19.8 Å². The minimum absolute atomic E-state index is 0.0830. The van der Waals surface area contributed by atoms with Gasteiger partial charge >= 0.3 is 5.97 Å². The van der Waals surface area contributed by atoms with Gasteiger partial charge in [-0.2, -0.15) is 0 Å². The number of ether oxygens (including phenoxy) is 1. The highest BCUT2D eigenvalue weighted by Crippen LogP contribution is 2.18. The summed E-state index contributed by atoms with van der Waals surface area (Å²) in [5, 5.41) is 23.7. The van der Waals surface area contributed by atoms with Crippen LogP contribution in [0.25, 0.3) is 0 Å². The molecule has 0 radical (unpaired) electrons. The van der Waals surface area contributed by atoms with Gasteiger partial charge in [0.05, 0.1) is 25.2 Å². The fourth-order valence-corrected chi connectivity index (χ4v) is 8.31. The van der Waals surface area contributed by atoms with E-state index in [1.807, 2.05) is 0 Å². The maximum Gasteiger partial charge on any atom is 0.306 e. The van der Waals surface area contributed by atoms with Crippen molar-refractivity contribution in [2.45, 2.75) is 309 Å². The number of amides is 1. The fraction of sp³-hybridized carbons (Fsp3) is 0.925. The maximum absolute atomic E-state index is 13.2. The number of hydrogen-bond donors (Lipinski definition) is 3. The predicted octanol–water partition coefficient (Wildman–Crippen LogP) is 15.7. The standard InChI is InChI=1S/C53H103NO5/c1-4-7-10-13-16-19-22-24-25-26-27-29-31-34-37-40-43-46-53(58)59-49(44-41-38-35-32-30-28-23-20-17-14-11-8-5-2)47-52(57)54-50(48-55)51(56)45-42-39-36-33-21-18-15-12-9-6-3/h24-25,49-51,55-56H,4-23,26-48H2,1-3H3,(H,54,57)/b25-24+. The molecule has 0 aliphatic heterocycles. The van der Waals surface area contributed by atoms with E-state index in [0.29, 0.717) is 19.3 Å². The molecule has 59 heavy (non-hydrogen) atoms. The van der Waals surface area contributed by atoms with E-state index in [1.165, 1.54) is 199 Å². The van der Waals surface area contributed by atoms with Gasteiger partial charge in [0.2, 0.25) is 5.91 Å². The van der Waals surface area contributed by atoms with Crippen molar-refractivity contribution in [2.24, 2.45) is 0 Å². The van der Waals surface area contributed by atoms with Crippen LogP contribution in [-0.4, -0.2) is 46.9 Å². The van der Waals surface area contributed by atoms with Crippen molar-refractivity contribution >= 4 is 11.9 Å². The van der Waals surface area contributed by atoms with Crippen molar-refractivity contribution in [3.8, 4) is 0 Å². The lowest BCUT2D eigenvalue weighted by Crippen LogP contribution is -2.46. The molecule has 0 aromatic carbocycles. The van der Waals surface area contributed by atoms with Gasteiger partial charge in [-0.3, -0.25) is 9.59 Å². The van der Waals surface area contributed by atoms with E-state index < -0.39 is 18.2 Å². The van der Waals surface area contributed by atoms with E-state index >= 15 is 0 Å². The Kier molecular flexibility index (Phi) is 46.5. The predicted molar refractivity (Wildman–Crippen MR) is 255 cm³/mol. The molecular weight excluding hydrogens is 731 g/mol. The second kappa shape index (κ2) is 47.6. The lowest BCUT2D eigenvalue weighted by Gasteiger charge is -2.24. The molecule has 0 bridgehead atoms. The number of rotatable bonds is 48. The van der Waals surface area contributed by atoms with Gasteiger partial charge in [0.25, 0.3) is 0 Å². The minimum Gasteiger partial charge on any atom is -0.462 e. The van der Waals surface area contributed by atoms with Crippen LogP contribution in [0.1, 0.15) is 290 Å². The summed E-state index contributed by atoms with van der Waals surface area (Å²) in [6.45, 7) is 6.49. The summed E-state index contributed by atoms with van der Waals surface area (Å²) in [7, 11) is 0. The third-order valence-corrected chi connectivity index (χ3v) is 12.3. The summed E-state index contributed by atoms with van der Waals surface area (Å²) in [4.78, 5) is 26.1. The summed E-state index contributed by atoms with van der Waals surface area (Å²) in [5.41, 5.74) is 0. The van der Waals surface area contributed by atoms with Crippen molar-refractivity contribution in [3.05, 3.63) is 12.2 Å². The van der Waals surface area contributed by atoms with Crippen LogP contribution in [0, 0.1) is 0 Å². The van der Waals surface area contributed by atoms with Crippen LogP contribution in [-0.2, 0) is 14.3 Å². The van der Waals surface area contributed by atoms with Gasteiger partial charge in [-0.05, 0) is 51.4 Å². The zero-order valence-electron chi connectivity index (χ0n) is 39.9. The van der Waals surface area contributed by atoms with Crippen molar-refractivity contribution in [2.75, 3.05) is 6.61 Å². The highest BCUT2D eigenvalue weighted by Gasteiger charge is 2.24. The van der Waals surface area contributed by atoms with E-state index in [4.69, 9.17) is 4.74 Å². The van der Waals surface area contributed by atoms with Gasteiger partial charge in [0.1, 0.15) is 6.10 Å². The molecule has 0 spiro atoms. The quantitative estimate of drug-likeness (QED) is 0.0322. The summed E-state index contributed by atoms with van der Waals surface area (Å²) in [5.74, 6) is -0.461. The fourth-order valence-electron chi connectivity index (χ4n) is 8.31. The number of nitrogens with one attached hydrogen (secondary N) is 1. The van der Waals surface area contributed by atoms with Crippen LogP contribution in [0.2, 0.25) is 0 Å². The Morgan fingerprint density at radius 3 is 1.20 bits per heavy atom. The Labute approximate surface area is 368 Å². The average Bonchev–Trinajstić information content (AvgIpc) is 3.23. The minimum atomic E-state index is -0.781. The number of unbranched alkanes of at least 4 members (excludes halogenated alkanes) is 34. The Morgan fingerprint density at radius 1 is 0.475 bits per heavy atom. The topological polar surface area (TPSA) is 95.9 Å². The number of aliphatic hydroxyl groups excluding tert-OH is 2. The number of carbonyl (C=O) groups is 2. The van der Waals surface area contributed by atoms with Gasteiger partial charge in [-0.15, -0.1) is 0 Å². The third-order valence-electron chi connectivity index (χ3n) is 12.3. The molecule has 6 nitrogen and oxygen atoms in total. The van der Waals surface area contributed by atoms with Gasteiger partial charge in [0.15, 0.2) is 0 Å². The molecule has 0 heterocycles. The van der Waals surface area contributed by atoms with Crippen LogP contribution in [0.3, 0.4) is 0 Å². The number of carbonyl (C=O) groups excluding carboxylic acids is 2. The van der Waals surface area contributed by atoms with Crippen LogP contribution in [0.15, 0.2) is 12.2 Å². The molecule has 3 unspecified atom stereocenters. The molecule has 3 atom stereocenters. The van der Waals surface area contributed by atoms with Gasteiger partial charge in [-0.1, -0.05) is 238 Å². The van der Waals surface area contributed by atoms with E-state index in [1.54, 1.807) is 0 Å². The lowest BCUT2D eigenvalue weighted by molar-refractivity contribution is -0.151. The number of allylic oxidation sites excluding steroid dienone is 2. The van der Waals surface area contributed by atoms with E-state index in [-0.39, 0.29) is 24.9 Å². The normalized spacial score (nSPS) is 13.2. The summed E-state index contributed by atoms with van der Waals surface area (Å²) in [6, 6.07) is -0.694. The Bertz CT molecular complexity index is 893. The first-order valence-electron chi connectivity index (χ1n) is 26.4. The average molecular weight is 834 g/mol. The molecule has 0 aliphatic carbocycles. The Hall–Kier alpha value is -1.40. The molecule has 350 valence electrons. The first kappa shape index (κ1) is 57.6. The van der Waals surface area contributed by atoms with Crippen molar-refractivity contribution < 1.29 is 24.5 Å². The summed E-state index contributed by atoms with van der Waals surface area (Å²) < 4.78 is 5.94. The zero-order chi connectivity index (χ0) is 43.1. The molecule has 0 aromatic heterocycles. The maximum atomic E-state index is 13.2. The summed E-state index contributed by atoms with van der Waals surface area (Å²) >= 11 is 0. The Morgan fingerprint density at radius 2 is 0.814 bits per heavy atom. The summed E-state index contributed by atoms with van der Waals surface area (Å²) in [6.07, 6.45) is 52.7. The van der Waals surface area contributed by atoms with Crippen LogP contribution in [0.4, 0.5) is 0 Å². The first-order chi connectivity index (χ1) is 29.0. The zero-order valence-corrected chi connectivity index (χ0v) is 39.9. The molecule has 1 amide bonds. The van der Waals surface area contributed by atoms with Gasteiger partial charge in [0, 0.05) is 6.42 Å². The molecule has 3 N–H and O–H groups in total. The van der Waals surface area contributed by atoms with Crippen LogP contribution in [0.5, 0.6) is 0 Å². The molecule has 0 fully saturated rings. The molecule has 0 aliphatic rings. The number of aliphatic hydroxyl groups is 2. The molecule has 6 heteroatoms.